The Bertz CT molecular complexity index is 1300. The summed E-state index contributed by atoms with van der Waals surface area (Å²) in [6.45, 7) is 9.86. The van der Waals surface area contributed by atoms with Crippen LogP contribution in [0.4, 0.5) is 0 Å². The fourth-order valence-corrected chi connectivity index (χ4v) is 36.3. The van der Waals surface area contributed by atoms with E-state index in [0.29, 0.717) is 0 Å². The SMILES string of the molecule is C[C](C)=[Hf]([CH]1C=CC2=C1CCCC2)[CH]1C=CC2=C1CCCC2.C[C](C)=[Hf]([CH]1C=CC2=C1CCCC2)[CH]1C=CC2=C1CCCC2.Cl.Cl. The molecule has 0 aromatic carbocycles. The fourth-order valence-electron chi connectivity index (χ4n) is 10.1. The monoisotopic (exact) mass is 992 g/mol. The van der Waals surface area contributed by atoms with Crippen molar-refractivity contribution in [1.29, 1.82) is 0 Å². The first-order valence-corrected chi connectivity index (χ1v) is 30.3. The largest absolute Gasteiger partial charge is 0.147 e. The third kappa shape index (κ3) is 7.51. The van der Waals surface area contributed by atoms with Crippen LogP contribution in [0.1, 0.15) is 130 Å². The van der Waals surface area contributed by atoms with E-state index in [9.17, 15) is 0 Å². The van der Waals surface area contributed by atoms with E-state index in [-0.39, 0.29) is 24.8 Å². The van der Waals surface area contributed by atoms with Crippen molar-refractivity contribution in [2.24, 2.45) is 0 Å². The minimum absolute atomic E-state index is 0. The molecule has 0 aromatic rings. The van der Waals surface area contributed by atoms with E-state index in [1.807, 2.05) is 28.8 Å². The minimum atomic E-state index is -1.86. The van der Waals surface area contributed by atoms with Gasteiger partial charge in [0.05, 0.1) is 0 Å². The Kier molecular flexibility index (Phi) is 13.6. The Morgan fingerprint density at radius 3 is 0.826 bits per heavy atom. The topological polar surface area (TPSA) is 0 Å². The maximum absolute atomic E-state index is 2.64. The third-order valence-electron chi connectivity index (χ3n) is 12.2. The van der Waals surface area contributed by atoms with Crippen molar-refractivity contribution in [3.8, 4) is 0 Å². The number of hydrogen-bond donors (Lipinski definition) is 0. The van der Waals surface area contributed by atoms with Crippen molar-refractivity contribution in [3.05, 3.63) is 93.2 Å². The minimum Gasteiger partial charge on any atom is -0.147 e. The molecular formula is C42H58Cl2Hf2. The molecule has 8 aliphatic rings. The summed E-state index contributed by atoms with van der Waals surface area (Å²) < 4.78 is 7.27. The van der Waals surface area contributed by atoms with Crippen LogP contribution in [0.5, 0.6) is 0 Å². The summed E-state index contributed by atoms with van der Waals surface area (Å²) >= 11 is -3.73. The number of hydrogen-bond acceptors (Lipinski definition) is 0. The second-order valence-electron chi connectivity index (χ2n) is 15.3. The van der Waals surface area contributed by atoms with Gasteiger partial charge < -0.3 is 0 Å². The maximum atomic E-state index is 2.64. The van der Waals surface area contributed by atoms with Gasteiger partial charge in [0.2, 0.25) is 0 Å². The van der Waals surface area contributed by atoms with Crippen molar-refractivity contribution < 1.29 is 41.9 Å². The molecular weight excluding hydrogens is 932 g/mol. The maximum Gasteiger partial charge on any atom is -0.147 e. The van der Waals surface area contributed by atoms with Crippen molar-refractivity contribution >= 4 is 31.3 Å². The summed E-state index contributed by atoms with van der Waals surface area (Å²) in [6.07, 6.45) is 43.1. The van der Waals surface area contributed by atoms with Crippen LogP contribution < -0.4 is 0 Å². The molecule has 0 aliphatic heterocycles. The Hall–Kier alpha value is -0.0197. The van der Waals surface area contributed by atoms with E-state index in [4.69, 9.17) is 0 Å². The van der Waals surface area contributed by atoms with Gasteiger partial charge in [0.25, 0.3) is 0 Å². The summed E-state index contributed by atoms with van der Waals surface area (Å²) in [5.74, 6) is 0. The zero-order valence-corrected chi connectivity index (χ0v) is 37.9. The van der Waals surface area contributed by atoms with Gasteiger partial charge in [-0.2, -0.15) is 0 Å². The van der Waals surface area contributed by atoms with Crippen LogP contribution in [0.2, 0.25) is 14.7 Å². The Morgan fingerprint density at radius 1 is 0.391 bits per heavy atom. The molecule has 4 atom stereocenters. The van der Waals surface area contributed by atoms with Crippen LogP contribution >= 0.6 is 24.8 Å². The molecule has 8 aliphatic carbocycles. The molecule has 4 heteroatoms. The van der Waals surface area contributed by atoms with Gasteiger partial charge in [-0.3, -0.25) is 0 Å². The van der Waals surface area contributed by atoms with Gasteiger partial charge in [0.1, 0.15) is 0 Å². The molecule has 0 nitrogen and oxygen atoms in total. The van der Waals surface area contributed by atoms with Gasteiger partial charge in [0, 0.05) is 0 Å². The van der Waals surface area contributed by atoms with Gasteiger partial charge in [-0.05, 0) is 0 Å². The number of allylic oxidation sites excluding steroid dienone is 16. The molecule has 0 heterocycles. The standard InChI is InChI=1S/4C9H11.2C3H6.2ClH.2Hf/c4*1-2-5-9-7-3-6-8(9)4-1;2*1-3-2;;;;/h4*3,6-7H,1-2,4-5H2;2*1-2H3;2*1H;;. The molecule has 0 saturated heterocycles. The second-order valence-corrected chi connectivity index (χ2v) is 38.0. The van der Waals surface area contributed by atoms with Gasteiger partial charge in [-0.1, -0.05) is 0 Å². The van der Waals surface area contributed by atoms with Gasteiger partial charge >= 0.3 is 287 Å². The first kappa shape index (κ1) is 37.2. The van der Waals surface area contributed by atoms with E-state index in [1.165, 1.54) is 103 Å². The predicted molar refractivity (Wildman–Crippen MR) is 201 cm³/mol. The Morgan fingerprint density at radius 2 is 0.609 bits per heavy atom. The van der Waals surface area contributed by atoms with Crippen LogP contribution in [0.25, 0.3) is 0 Å². The fraction of sp³-hybridized carbons (Fsp3) is 0.571. The molecule has 0 saturated carbocycles. The average molecular weight is 991 g/mol. The van der Waals surface area contributed by atoms with E-state index in [2.05, 4.69) is 76.3 Å². The zero-order valence-electron chi connectivity index (χ0n) is 29.1. The average Bonchev–Trinajstić information content (AvgIpc) is 3.84. The van der Waals surface area contributed by atoms with Crippen molar-refractivity contribution in [2.75, 3.05) is 0 Å². The second kappa shape index (κ2) is 16.8. The van der Waals surface area contributed by atoms with Crippen LogP contribution in [0.3, 0.4) is 0 Å². The summed E-state index contributed by atoms with van der Waals surface area (Å²) in [6, 6.07) is 0. The van der Waals surface area contributed by atoms with E-state index >= 15 is 0 Å². The third-order valence-corrected chi connectivity index (χ3v) is 37.9. The van der Waals surface area contributed by atoms with Crippen molar-refractivity contribution in [3.63, 3.8) is 0 Å². The quantitative estimate of drug-likeness (QED) is 0.246. The molecule has 0 spiro atoms. The van der Waals surface area contributed by atoms with Gasteiger partial charge in [-0.15, -0.1) is 24.8 Å². The normalized spacial score (nSPS) is 28.6. The number of halogens is 2. The van der Waals surface area contributed by atoms with Crippen molar-refractivity contribution in [2.45, 2.75) is 145 Å². The molecule has 0 radical (unpaired) electrons. The molecule has 8 rings (SSSR count). The van der Waals surface area contributed by atoms with Crippen molar-refractivity contribution in [1.82, 2.24) is 0 Å². The molecule has 0 bridgehead atoms. The summed E-state index contributed by atoms with van der Waals surface area (Å²) in [5.41, 5.74) is 14.5. The van der Waals surface area contributed by atoms with E-state index in [1.54, 1.807) is 22.3 Å². The van der Waals surface area contributed by atoms with E-state index in [0.717, 1.165) is 14.7 Å². The molecule has 4 unspecified atom stereocenters. The van der Waals surface area contributed by atoms with Gasteiger partial charge in [0.15, 0.2) is 0 Å². The number of rotatable bonds is 4. The first-order chi connectivity index (χ1) is 21.5. The molecule has 0 N–H and O–H groups in total. The smallest absolute Gasteiger partial charge is 0.147 e. The summed E-state index contributed by atoms with van der Waals surface area (Å²) in [5, 5.41) is 0. The zero-order chi connectivity index (χ0) is 30.2. The van der Waals surface area contributed by atoms with Crippen LogP contribution in [0, 0.1) is 0 Å². The first-order valence-electron chi connectivity index (χ1n) is 18.5. The van der Waals surface area contributed by atoms with Crippen LogP contribution in [-0.2, 0) is 41.9 Å². The predicted octanol–water partition coefficient (Wildman–Crippen LogP) is 13.4. The van der Waals surface area contributed by atoms with Crippen LogP contribution in [-0.4, -0.2) is 6.51 Å². The molecule has 46 heavy (non-hydrogen) atoms. The van der Waals surface area contributed by atoms with Crippen LogP contribution in [0.15, 0.2) is 93.2 Å². The molecule has 0 aromatic heterocycles. The summed E-state index contributed by atoms with van der Waals surface area (Å²) in [4.78, 5) is 0. The Labute approximate surface area is 308 Å². The molecule has 0 fully saturated rings. The molecule has 0 amide bonds. The van der Waals surface area contributed by atoms with E-state index < -0.39 is 41.9 Å². The summed E-state index contributed by atoms with van der Waals surface area (Å²) in [7, 11) is 0. The Balaban J connectivity index is 0.000000174. The van der Waals surface area contributed by atoms with Gasteiger partial charge in [-0.25, -0.2) is 0 Å². The molecule has 248 valence electrons.